The van der Waals surface area contributed by atoms with Crippen LogP contribution in [0.5, 0.6) is 0 Å². The number of hydrogen-bond donors (Lipinski definition) is 2. The molecule has 2 N–H and O–H groups in total. The fraction of sp³-hybridized carbons (Fsp3) is 0.417. The summed E-state index contributed by atoms with van der Waals surface area (Å²) >= 11 is 0. The highest BCUT2D eigenvalue weighted by atomic mass is 19.1. The Morgan fingerprint density at radius 3 is 2.00 bits per heavy atom. The molecule has 3 rings (SSSR count). The van der Waals surface area contributed by atoms with E-state index in [9.17, 15) is 14.0 Å². The molecule has 1 aliphatic rings. The van der Waals surface area contributed by atoms with Crippen LogP contribution in [-0.2, 0) is 9.59 Å². The summed E-state index contributed by atoms with van der Waals surface area (Å²) < 4.78 is 13.0. The third-order valence-electron chi connectivity index (χ3n) is 5.52. The molecule has 1 heterocycles. The van der Waals surface area contributed by atoms with E-state index in [1.807, 2.05) is 19.1 Å². The fourth-order valence-corrected chi connectivity index (χ4v) is 3.77. The van der Waals surface area contributed by atoms with Gasteiger partial charge in [0.15, 0.2) is 0 Å². The number of anilines is 2. The minimum absolute atomic E-state index is 0.0151. The van der Waals surface area contributed by atoms with E-state index in [1.54, 1.807) is 12.1 Å². The van der Waals surface area contributed by atoms with Gasteiger partial charge in [-0.05, 0) is 48.2 Å². The third kappa shape index (κ3) is 6.60. The van der Waals surface area contributed by atoms with Crippen molar-refractivity contribution in [1.82, 2.24) is 9.80 Å². The Balaban J connectivity index is 1.44. The van der Waals surface area contributed by atoms with Gasteiger partial charge in [-0.15, -0.1) is 0 Å². The summed E-state index contributed by atoms with van der Waals surface area (Å²) in [5.41, 5.74) is 3.71. The van der Waals surface area contributed by atoms with E-state index < -0.39 is 0 Å². The summed E-state index contributed by atoms with van der Waals surface area (Å²) in [5, 5.41) is 5.88. The van der Waals surface area contributed by atoms with Gasteiger partial charge in [-0.1, -0.05) is 32.0 Å². The quantitative estimate of drug-likeness (QED) is 0.712. The number of nitrogens with one attached hydrogen (secondary N) is 2. The van der Waals surface area contributed by atoms with Crippen molar-refractivity contribution in [3.8, 4) is 0 Å². The molecule has 0 aliphatic carbocycles. The van der Waals surface area contributed by atoms with Gasteiger partial charge in [0.1, 0.15) is 5.82 Å². The van der Waals surface area contributed by atoms with Crippen LogP contribution in [0.15, 0.2) is 42.5 Å². The minimum Gasteiger partial charge on any atom is -0.325 e. The summed E-state index contributed by atoms with van der Waals surface area (Å²) in [7, 11) is 0. The second-order valence-electron chi connectivity index (χ2n) is 8.35. The number of aryl methyl sites for hydroxylation is 1. The molecule has 0 atom stereocenters. The summed E-state index contributed by atoms with van der Waals surface area (Å²) in [6, 6.07) is 11.8. The number of piperazine rings is 1. The van der Waals surface area contributed by atoms with Crippen molar-refractivity contribution >= 4 is 23.2 Å². The number of nitrogens with zero attached hydrogens (tertiary/aromatic N) is 2. The summed E-state index contributed by atoms with van der Waals surface area (Å²) in [6.07, 6.45) is 0. The molecule has 0 bridgehead atoms. The zero-order chi connectivity index (χ0) is 22.4. The van der Waals surface area contributed by atoms with Gasteiger partial charge in [-0.2, -0.15) is 0 Å². The van der Waals surface area contributed by atoms with Gasteiger partial charge in [0.05, 0.1) is 13.1 Å². The Kier molecular flexibility index (Phi) is 7.76. The van der Waals surface area contributed by atoms with E-state index in [1.165, 1.54) is 12.1 Å². The molecular weight excluding hydrogens is 395 g/mol. The molecule has 31 heavy (non-hydrogen) atoms. The Bertz CT molecular complexity index is 906. The fourth-order valence-electron chi connectivity index (χ4n) is 3.77. The Labute approximate surface area is 183 Å². The van der Waals surface area contributed by atoms with Crippen LogP contribution < -0.4 is 10.6 Å². The number of carbonyl (C=O) groups excluding carboxylic acids is 2. The summed E-state index contributed by atoms with van der Waals surface area (Å²) in [4.78, 5) is 29.0. The van der Waals surface area contributed by atoms with E-state index in [0.717, 1.165) is 29.9 Å². The first-order chi connectivity index (χ1) is 14.8. The van der Waals surface area contributed by atoms with Crippen molar-refractivity contribution in [2.45, 2.75) is 26.7 Å². The van der Waals surface area contributed by atoms with E-state index in [2.05, 4.69) is 40.3 Å². The van der Waals surface area contributed by atoms with Gasteiger partial charge in [-0.25, -0.2) is 4.39 Å². The molecule has 0 unspecified atom stereocenters. The highest BCUT2D eigenvalue weighted by molar-refractivity contribution is 5.94. The number of amides is 2. The van der Waals surface area contributed by atoms with Gasteiger partial charge in [0.25, 0.3) is 0 Å². The van der Waals surface area contributed by atoms with Crippen LogP contribution in [0.1, 0.15) is 30.9 Å². The van der Waals surface area contributed by atoms with E-state index >= 15 is 0 Å². The van der Waals surface area contributed by atoms with Gasteiger partial charge < -0.3 is 10.6 Å². The van der Waals surface area contributed by atoms with E-state index in [-0.39, 0.29) is 24.2 Å². The third-order valence-corrected chi connectivity index (χ3v) is 5.52. The number of benzene rings is 2. The maximum absolute atomic E-state index is 13.0. The first-order valence-electron chi connectivity index (χ1n) is 10.7. The predicted octanol–water partition coefficient (Wildman–Crippen LogP) is 3.45. The first kappa shape index (κ1) is 22.9. The topological polar surface area (TPSA) is 64.7 Å². The zero-order valence-electron chi connectivity index (χ0n) is 18.5. The molecule has 1 aliphatic heterocycles. The Hall–Kier alpha value is -2.77. The average Bonchev–Trinajstić information content (AvgIpc) is 2.72. The molecule has 2 amide bonds. The van der Waals surface area contributed by atoms with Gasteiger partial charge in [0.2, 0.25) is 11.8 Å². The number of para-hydroxylation sites is 1. The summed E-state index contributed by atoms with van der Waals surface area (Å²) in [5.74, 6) is -0.141. The predicted molar refractivity (Wildman–Crippen MR) is 122 cm³/mol. The maximum Gasteiger partial charge on any atom is 0.238 e. The van der Waals surface area contributed by atoms with Crippen LogP contribution in [0, 0.1) is 12.7 Å². The molecule has 0 saturated carbocycles. The van der Waals surface area contributed by atoms with Crippen LogP contribution in [0.2, 0.25) is 0 Å². The first-order valence-corrected chi connectivity index (χ1v) is 10.7. The molecule has 2 aromatic carbocycles. The Morgan fingerprint density at radius 1 is 0.903 bits per heavy atom. The lowest BCUT2D eigenvalue weighted by Crippen LogP contribution is -2.50. The lowest BCUT2D eigenvalue weighted by molar-refractivity contribution is -0.120. The van der Waals surface area contributed by atoms with Crippen molar-refractivity contribution in [1.29, 1.82) is 0 Å². The van der Waals surface area contributed by atoms with Gasteiger partial charge >= 0.3 is 0 Å². The number of carbonyl (C=O) groups is 2. The smallest absolute Gasteiger partial charge is 0.238 e. The number of rotatable bonds is 7. The van der Waals surface area contributed by atoms with Gasteiger partial charge in [-0.3, -0.25) is 19.4 Å². The standard InChI is InChI=1S/C24H31FN4O2/c1-17(2)21-6-4-5-18(3)24(21)27-23(31)16-29-13-11-28(12-14-29)15-22(30)26-20-9-7-19(25)8-10-20/h4-10,17H,11-16H2,1-3H3,(H,26,30)(H,27,31). The van der Waals surface area contributed by atoms with Gasteiger partial charge in [0, 0.05) is 37.6 Å². The molecule has 1 fully saturated rings. The molecule has 0 aromatic heterocycles. The lowest BCUT2D eigenvalue weighted by Gasteiger charge is -2.33. The number of hydrogen-bond acceptors (Lipinski definition) is 4. The second kappa shape index (κ2) is 10.5. The van der Waals surface area contributed by atoms with E-state index in [0.29, 0.717) is 31.2 Å². The van der Waals surface area contributed by atoms with Crippen LogP contribution in [0.4, 0.5) is 15.8 Å². The Morgan fingerprint density at radius 2 is 1.45 bits per heavy atom. The van der Waals surface area contributed by atoms with Crippen molar-refractivity contribution < 1.29 is 14.0 Å². The maximum atomic E-state index is 13.0. The molecular formula is C24H31FN4O2. The SMILES string of the molecule is Cc1cccc(C(C)C)c1NC(=O)CN1CCN(CC(=O)Nc2ccc(F)cc2)CC1. The van der Waals surface area contributed by atoms with Crippen molar-refractivity contribution in [2.75, 3.05) is 49.9 Å². The van der Waals surface area contributed by atoms with Crippen molar-refractivity contribution in [3.05, 3.63) is 59.4 Å². The largest absolute Gasteiger partial charge is 0.325 e. The zero-order valence-corrected chi connectivity index (χ0v) is 18.5. The molecule has 6 nitrogen and oxygen atoms in total. The molecule has 1 saturated heterocycles. The van der Waals surface area contributed by atoms with Crippen molar-refractivity contribution in [3.63, 3.8) is 0 Å². The second-order valence-corrected chi connectivity index (χ2v) is 8.35. The molecule has 0 radical (unpaired) electrons. The lowest BCUT2D eigenvalue weighted by atomic mass is 9.98. The average molecular weight is 427 g/mol. The molecule has 2 aromatic rings. The molecule has 166 valence electrons. The van der Waals surface area contributed by atoms with Crippen LogP contribution in [0.3, 0.4) is 0 Å². The van der Waals surface area contributed by atoms with E-state index in [4.69, 9.17) is 0 Å². The van der Waals surface area contributed by atoms with Crippen LogP contribution >= 0.6 is 0 Å². The van der Waals surface area contributed by atoms with Crippen molar-refractivity contribution in [2.24, 2.45) is 0 Å². The molecule has 0 spiro atoms. The van der Waals surface area contributed by atoms with Crippen LogP contribution in [0.25, 0.3) is 0 Å². The molecule has 7 heteroatoms. The van der Waals surface area contributed by atoms with Crippen LogP contribution in [-0.4, -0.2) is 60.9 Å². The normalized spacial score (nSPS) is 15.1. The minimum atomic E-state index is -0.332. The summed E-state index contributed by atoms with van der Waals surface area (Å²) in [6.45, 7) is 9.74. The monoisotopic (exact) mass is 426 g/mol. The highest BCUT2D eigenvalue weighted by Crippen LogP contribution is 2.27. The highest BCUT2D eigenvalue weighted by Gasteiger charge is 2.21. The number of halogens is 1.